The minimum atomic E-state index is -3.44. The predicted octanol–water partition coefficient (Wildman–Crippen LogP) is 0.954. The van der Waals surface area contributed by atoms with E-state index in [1.807, 2.05) is 6.92 Å². The van der Waals surface area contributed by atoms with Gasteiger partial charge in [-0.1, -0.05) is 6.92 Å². The van der Waals surface area contributed by atoms with E-state index in [9.17, 15) is 4.21 Å². The predicted molar refractivity (Wildman–Crippen MR) is 49.8 cm³/mol. The van der Waals surface area contributed by atoms with E-state index in [-0.39, 0.29) is 6.61 Å². The average molecular weight is 214 g/mol. The zero-order chi connectivity index (χ0) is 9.45. The summed E-state index contributed by atoms with van der Waals surface area (Å²) in [5, 5.41) is 0. The maximum Gasteiger partial charge on any atom is 0.266 e. The molecule has 1 unspecified atom stereocenters. The maximum atomic E-state index is 10.4. The molecule has 12 heavy (non-hydrogen) atoms. The highest BCUT2D eigenvalue weighted by Gasteiger charge is 1.98. The summed E-state index contributed by atoms with van der Waals surface area (Å²) in [5.41, 5.74) is 0. The Hall–Kier alpha value is 0.250. The van der Waals surface area contributed by atoms with Gasteiger partial charge < -0.3 is 4.74 Å². The summed E-state index contributed by atoms with van der Waals surface area (Å²) in [7, 11) is -3.44. The van der Waals surface area contributed by atoms with Crippen molar-refractivity contribution in [1.82, 2.24) is 0 Å². The number of rotatable bonds is 7. The van der Waals surface area contributed by atoms with Gasteiger partial charge in [-0.15, -0.1) is 0 Å². The molecule has 0 aromatic heterocycles. The van der Waals surface area contributed by atoms with Crippen LogP contribution in [0.15, 0.2) is 0 Å². The second kappa shape index (κ2) is 6.73. The van der Waals surface area contributed by atoms with Crippen molar-refractivity contribution in [1.29, 1.82) is 0 Å². The lowest BCUT2D eigenvalue weighted by atomic mass is 10.5. The first kappa shape index (κ1) is 12.2. The Balaban J connectivity index is 3.12. The molecule has 1 atom stereocenters. The van der Waals surface area contributed by atoms with E-state index in [0.29, 0.717) is 19.6 Å². The van der Waals surface area contributed by atoms with Crippen LogP contribution in [0.1, 0.15) is 19.8 Å². The molecule has 0 saturated heterocycles. The Labute approximate surface area is 78.0 Å². The molecule has 0 spiro atoms. The molecule has 1 N–H and O–H groups in total. The second-order valence-corrected chi connectivity index (χ2v) is 4.57. The van der Waals surface area contributed by atoms with Crippen molar-refractivity contribution in [3.05, 3.63) is 0 Å². The molecule has 0 heterocycles. The molecule has 0 saturated carbocycles. The smallest absolute Gasteiger partial charge is 0.266 e. The average Bonchev–Trinajstić information content (AvgIpc) is 1.94. The first-order chi connectivity index (χ1) is 5.56. The van der Waals surface area contributed by atoms with Crippen LogP contribution < -0.4 is 0 Å². The molecular formula is C6H14O4S2. The van der Waals surface area contributed by atoms with Gasteiger partial charge in [0.15, 0.2) is 0 Å². The fourth-order valence-electron chi connectivity index (χ4n) is 0.572. The molecule has 74 valence electrons. The van der Waals surface area contributed by atoms with Crippen molar-refractivity contribution in [2.45, 2.75) is 19.8 Å². The molecule has 0 aromatic rings. The molecule has 0 bridgehead atoms. The lowest BCUT2D eigenvalue weighted by Gasteiger charge is -2.02. The van der Waals surface area contributed by atoms with E-state index < -0.39 is 9.05 Å². The van der Waals surface area contributed by atoms with Crippen molar-refractivity contribution in [3.63, 3.8) is 0 Å². The van der Waals surface area contributed by atoms with Gasteiger partial charge >= 0.3 is 0 Å². The topological polar surface area (TPSA) is 55.8 Å². The normalized spacial score (nSPS) is 15.8. The van der Waals surface area contributed by atoms with Crippen LogP contribution >= 0.6 is 0 Å². The minimum Gasteiger partial charge on any atom is -0.381 e. The molecule has 6 heteroatoms. The Morgan fingerprint density at radius 1 is 1.42 bits per heavy atom. The van der Waals surface area contributed by atoms with E-state index in [0.717, 1.165) is 6.42 Å². The van der Waals surface area contributed by atoms with Crippen molar-refractivity contribution in [2.24, 2.45) is 0 Å². The van der Waals surface area contributed by atoms with Gasteiger partial charge in [0.25, 0.3) is 9.05 Å². The quantitative estimate of drug-likeness (QED) is 0.640. The van der Waals surface area contributed by atoms with E-state index in [1.165, 1.54) is 0 Å². The van der Waals surface area contributed by atoms with Crippen LogP contribution in [0.25, 0.3) is 0 Å². The Morgan fingerprint density at radius 3 is 2.58 bits per heavy atom. The molecule has 0 aliphatic rings. The highest BCUT2D eigenvalue weighted by molar-refractivity contribution is 8.27. The first-order valence-electron chi connectivity index (χ1n) is 3.76. The molecule has 0 fully saturated rings. The molecule has 0 aliphatic carbocycles. The molecule has 0 aliphatic heterocycles. The Bertz CT molecular complexity index is 188. The van der Waals surface area contributed by atoms with Gasteiger partial charge in [-0.05, 0) is 12.8 Å². The van der Waals surface area contributed by atoms with Crippen LogP contribution in [0.4, 0.5) is 0 Å². The molecule has 0 rings (SSSR count). The maximum absolute atomic E-state index is 10.4. The van der Waals surface area contributed by atoms with Gasteiger partial charge in [0.1, 0.15) is 0 Å². The van der Waals surface area contributed by atoms with E-state index >= 15 is 0 Å². The summed E-state index contributed by atoms with van der Waals surface area (Å²) in [4.78, 5) is 0. The lowest BCUT2D eigenvalue weighted by Crippen LogP contribution is -2.06. The van der Waals surface area contributed by atoms with Gasteiger partial charge in [0.05, 0.1) is 6.61 Å². The largest absolute Gasteiger partial charge is 0.381 e. The molecule has 0 amide bonds. The highest BCUT2D eigenvalue weighted by atomic mass is 32.9. The van der Waals surface area contributed by atoms with Crippen LogP contribution in [0.5, 0.6) is 0 Å². The number of hydrogen-bond acceptors (Lipinski definition) is 4. The van der Waals surface area contributed by atoms with Crippen LogP contribution in [-0.4, -0.2) is 28.6 Å². The Kier molecular flexibility index (Phi) is 6.87. The number of ether oxygens (including phenoxy) is 1. The van der Waals surface area contributed by atoms with Crippen LogP contribution in [0.3, 0.4) is 0 Å². The van der Waals surface area contributed by atoms with E-state index in [1.54, 1.807) is 0 Å². The molecule has 4 nitrogen and oxygen atoms in total. The zero-order valence-electron chi connectivity index (χ0n) is 7.02. The first-order valence-corrected chi connectivity index (χ1v) is 6.12. The van der Waals surface area contributed by atoms with Gasteiger partial charge in [-0.3, -0.25) is 8.74 Å². The summed E-state index contributed by atoms with van der Waals surface area (Å²) >= 11 is 4.11. The third-order valence-corrected chi connectivity index (χ3v) is 1.77. The molecular weight excluding hydrogens is 200 g/mol. The molecule has 0 aromatic carbocycles. The highest BCUT2D eigenvalue weighted by Crippen LogP contribution is 1.91. The van der Waals surface area contributed by atoms with Crippen molar-refractivity contribution >= 4 is 20.2 Å². The van der Waals surface area contributed by atoms with Crippen LogP contribution in [-0.2, 0) is 29.2 Å². The summed E-state index contributed by atoms with van der Waals surface area (Å²) in [6.45, 7) is 3.43. The van der Waals surface area contributed by atoms with Gasteiger partial charge in [0, 0.05) is 24.4 Å². The van der Waals surface area contributed by atoms with Gasteiger partial charge in [0.2, 0.25) is 0 Å². The molecule has 0 radical (unpaired) electrons. The van der Waals surface area contributed by atoms with Crippen molar-refractivity contribution in [3.8, 4) is 0 Å². The zero-order valence-corrected chi connectivity index (χ0v) is 8.66. The van der Waals surface area contributed by atoms with E-state index in [4.69, 9.17) is 9.29 Å². The third kappa shape index (κ3) is 10.2. The Morgan fingerprint density at radius 2 is 2.08 bits per heavy atom. The minimum absolute atomic E-state index is 0.169. The van der Waals surface area contributed by atoms with Crippen LogP contribution in [0, 0.1) is 0 Å². The monoisotopic (exact) mass is 214 g/mol. The summed E-state index contributed by atoms with van der Waals surface area (Å²) in [5.74, 6) is 0. The summed E-state index contributed by atoms with van der Waals surface area (Å²) in [6.07, 6.45) is 1.56. The standard InChI is InChI=1S/C6H14O4S2/c1-2-4-9-5-3-6-10-12(7,8)11/h2-6H2,1H3,(H,7,8,11). The van der Waals surface area contributed by atoms with E-state index in [2.05, 4.69) is 15.4 Å². The van der Waals surface area contributed by atoms with Crippen LogP contribution in [0.2, 0.25) is 0 Å². The number of hydrogen-bond donors (Lipinski definition) is 1. The van der Waals surface area contributed by atoms with Crippen molar-refractivity contribution in [2.75, 3.05) is 19.8 Å². The summed E-state index contributed by atoms with van der Waals surface area (Å²) < 4.78 is 28.4. The fraction of sp³-hybridized carbons (Fsp3) is 1.00. The van der Waals surface area contributed by atoms with Crippen molar-refractivity contribution < 1.29 is 17.7 Å². The third-order valence-electron chi connectivity index (χ3n) is 1.01. The van der Waals surface area contributed by atoms with Gasteiger partial charge in [-0.2, -0.15) is 4.21 Å². The fourth-order valence-corrected chi connectivity index (χ4v) is 1.10. The lowest BCUT2D eigenvalue weighted by molar-refractivity contribution is 0.120. The SMILES string of the molecule is CCCOCCCOS(=O)(O)=S. The summed E-state index contributed by atoms with van der Waals surface area (Å²) in [6, 6.07) is 0. The van der Waals surface area contributed by atoms with Gasteiger partial charge in [-0.25, -0.2) is 0 Å². The second-order valence-electron chi connectivity index (χ2n) is 2.22.